The van der Waals surface area contributed by atoms with E-state index in [1.54, 1.807) is 18.2 Å². The molecule has 122 valence electrons. The van der Waals surface area contributed by atoms with Gasteiger partial charge in [0.2, 0.25) is 5.95 Å². The highest BCUT2D eigenvalue weighted by Gasteiger charge is 2.15. The van der Waals surface area contributed by atoms with Gasteiger partial charge in [-0.25, -0.2) is 14.4 Å². The molecule has 0 radical (unpaired) electrons. The van der Waals surface area contributed by atoms with Crippen molar-refractivity contribution < 1.29 is 9.18 Å². The number of rotatable bonds is 4. The van der Waals surface area contributed by atoms with Crippen LogP contribution >= 0.6 is 0 Å². The van der Waals surface area contributed by atoms with Crippen LogP contribution in [0.4, 0.5) is 10.3 Å². The van der Waals surface area contributed by atoms with Crippen molar-refractivity contribution in [2.24, 2.45) is 0 Å². The van der Waals surface area contributed by atoms with Crippen LogP contribution in [0.5, 0.6) is 0 Å². The maximum atomic E-state index is 12.9. The summed E-state index contributed by atoms with van der Waals surface area (Å²) in [6, 6.07) is 7.62. The Bertz CT molecular complexity index is 693. The van der Waals surface area contributed by atoms with Crippen LogP contribution in [-0.4, -0.2) is 21.4 Å². The number of carbonyl (C=O) groups is 1. The summed E-state index contributed by atoms with van der Waals surface area (Å²) in [4.78, 5) is 20.8. The zero-order valence-corrected chi connectivity index (χ0v) is 13.8. The first-order valence-corrected chi connectivity index (χ1v) is 7.39. The van der Waals surface area contributed by atoms with Crippen molar-refractivity contribution in [3.05, 3.63) is 53.1 Å². The molecule has 0 saturated carbocycles. The molecule has 0 bridgehead atoms. The van der Waals surface area contributed by atoms with Crippen molar-refractivity contribution in [3.63, 3.8) is 0 Å². The molecule has 0 aliphatic heterocycles. The summed E-state index contributed by atoms with van der Waals surface area (Å²) >= 11 is 0. The molecule has 0 fully saturated rings. The van der Waals surface area contributed by atoms with Crippen molar-refractivity contribution in [1.82, 2.24) is 15.3 Å². The minimum absolute atomic E-state index is 0.199. The summed E-state index contributed by atoms with van der Waals surface area (Å²) < 4.78 is 12.9. The lowest BCUT2D eigenvalue weighted by molar-refractivity contribution is 0.0945. The van der Waals surface area contributed by atoms with Crippen LogP contribution in [0, 0.1) is 12.7 Å². The molecule has 6 heteroatoms. The first-order valence-electron chi connectivity index (χ1n) is 7.39. The molecule has 2 N–H and O–H groups in total. The topological polar surface area (TPSA) is 66.9 Å². The molecular formula is C17H21FN4O. The molecule has 5 nitrogen and oxygen atoms in total. The predicted molar refractivity (Wildman–Crippen MR) is 87.7 cm³/mol. The van der Waals surface area contributed by atoms with E-state index in [0.29, 0.717) is 23.9 Å². The highest BCUT2D eigenvalue weighted by molar-refractivity contribution is 5.92. The van der Waals surface area contributed by atoms with Crippen molar-refractivity contribution in [2.45, 2.75) is 39.8 Å². The molecule has 0 atom stereocenters. The Morgan fingerprint density at radius 2 is 1.83 bits per heavy atom. The van der Waals surface area contributed by atoms with E-state index in [2.05, 4.69) is 20.6 Å². The first kappa shape index (κ1) is 16.9. The van der Waals surface area contributed by atoms with E-state index in [9.17, 15) is 9.18 Å². The van der Waals surface area contributed by atoms with E-state index in [1.807, 2.05) is 27.7 Å². The molecule has 2 rings (SSSR count). The molecule has 0 spiro atoms. The van der Waals surface area contributed by atoms with E-state index in [4.69, 9.17) is 0 Å². The Morgan fingerprint density at radius 1 is 1.17 bits per heavy atom. The van der Waals surface area contributed by atoms with Crippen LogP contribution < -0.4 is 10.6 Å². The molecule has 1 amide bonds. The second-order valence-corrected chi connectivity index (χ2v) is 6.40. The molecule has 0 unspecified atom stereocenters. The number of hydrogen-bond acceptors (Lipinski definition) is 4. The Morgan fingerprint density at radius 3 is 2.43 bits per heavy atom. The minimum atomic E-state index is -0.301. The van der Waals surface area contributed by atoms with Gasteiger partial charge < -0.3 is 10.6 Å². The minimum Gasteiger partial charge on any atom is -0.350 e. The fraction of sp³-hybridized carbons (Fsp3) is 0.353. The summed E-state index contributed by atoms with van der Waals surface area (Å²) in [5.74, 6) is -0.175. The van der Waals surface area contributed by atoms with Crippen LogP contribution in [0.3, 0.4) is 0 Å². The lowest BCUT2D eigenvalue weighted by Gasteiger charge is -2.20. The number of halogens is 1. The maximum Gasteiger partial charge on any atom is 0.270 e. The standard InChI is InChI=1S/C17H21FN4O/c1-11-9-14(21-16(20-11)22-17(2,3)4)15(23)19-10-12-5-7-13(18)8-6-12/h5-9H,10H2,1-4H3,(H,19,23)(H,20,21,22). The highest BCUT2D eigenvalue weighted by atomic mass is 19.1. The lowest BCUT2D eigenvalue weighted by Crippen LogP contribution is -2.29. The van der Waals surface area contributed by atoms with Gasteiger partial charge in [-0.05, 0) is 51.5 Å². The average Bonchev–Trinajstić information content (AvgIpc) is 2.44. The Balaban J connectivity index is 2.08. The molecule has 23 heavy (non-hydrogen) atoms. The van der Waals surface area contributed by atoms with E-state index < -0.39 is 0 Å². The van der Waals surface area contributed by atoms with Crippen molar-refractivity contribution in [3.8, 4) is 0 Å². The zero-order chi connectivity index (χ0) is 17.0. The second kappa shape index (κ2) is 6.73. The van der Waals surface area contributed by atoms with Crippen molar-refractivity contribution in [1.29, 1.82) is 0 Å². The molecule has 1 aromatic carbocycles. The van der Waals surface area contributed by atoms with Gasteiger partial charge in [-0.1, -0.05) is 12.1 Å². The highest BCUT2D eigenvalue weighted by Crippen LogP contribution is 2.12. The number of hydrogen-bond donors (Lipinski definition) is 2. The van der Waals surface area contributed by atoms with E-state index in [-0.39, 0.29) is 17.3 Å². The number of aromatic nitrogens is 2. The third-order valence-corrected chi connectivity index (χ3v) is 2.94. The van der Waals surface area contributed by atoms with Gasteiger partial charge in [0.05, 0.1) is 0 Å². The van der Waals surface area contributed by atoms with Crippen LogP contribution in [0.2, 0.25) is 0 Å². The monoisotopic (exact) mass is 316 g/mol. The normalized spacial score (nSPS) is 11.2. The Kier molecular flexibility index (Phi) is 4.93. The average molecular weight is 316 g/mol. The number of nitrogens with zero attached hydrogens (tertiary/aromatic N) is 2. The molecule has 0 saturated heterocycles. The van der Waals surface area contributed by atoms with Gasteiger partial charge in [-0.2, -0.15) is 0 Å². The van der Waals surface area contributed by atoms with Crippen LogP contribution in [-0.2, 0) is 6.54 Å². The van der Waals surface area contributed by atoms with Gasteiger partial charge in [-0.15, -0.1) is 0 Å². The summed E-state index contributed by atoms with van der Waals surface area (Å²) in [6.07, 6.45) is 0. The molecule has 1 heterocycles. The molecule has 0 aliphatic rings. The predicted octanol–water partition coefficient (Wildman–Crippen LogP) is 3.06. The van der Waals surface area contributed by atoms with Crippen LogP contribution in [0.1, 0.15) is 42.5 Å². The summed E-state index contributed by atoms with van der Waals surface area (Å²) in [7, 11) is 0. The number of aryl methyl sites for hydroxylation is 1. The fourth-order valence-corrected chi connectivity index (χ4v) is 1.95. The summed E-state index contributed by atoms with van der Waals surface area (Å²) in [6.45, 7) is 8.10. The summed E-state index contributed by atoms with van der Waals surface area (Å²) in [5, 5.41) is 5.93. The van der Waals surface area contributed by atoms with Crippen molar-refractivity contribution in [2.75, 3.05) is 5.32 Å². The largest absolute Gasteiger partial charge is 0.350 e. The number of benzene rings is 1. The van der Waals surface area contributed by atoms with E-state index in [1.165, 1.54) is 12.1 Å². The van der Waals surface area contributed by atoms with Crippen LogP contribution in [0.15, 0.2) is 30.3 Å². The second-order valence-electron chi connectivity index (χ2n) is 6.40. The third-order valence-electron chi connectivity index (χ3n) is 2.94. The van der Waals surface area contributed by atoms with E-state index >= 15 is 0 Å². The maximum absolute atomic E-state index is 12.9. The molecular weight excluding hydrogens is 295 g/mol. The lowest BCUT2D eigenvalue weighted by atomic mass is 10.1. The van der Waals surface area contributed by atoms with Crippen molar-refractivity contribution >= 4 is 11.9 Å². The molecule has 1 aromatic heterocycles. The quantitative estimate of drug-likeness (QED) is 0.910. The SMILES string of the molecule is Cc1cc(C(=O)NCc2ccc(F)cc2)nc(NC(C)(C)C)n1. The Labute approximate surface area is 135 Å². The van der Waals surface area contributed by atoms with Gasteiger partial charge >= 0.3 is 0 Å². The number of anilines is 1. The smallest absolute Gasteiger partial charge is 0.270 e. The summed E-state index contributed by atoms with van der Waals surface area (Å²) in [5.41, 5.74) is 1.62. The molecule has 0 aliphatic carbocycles. The third kappa shape index (κ3) is 5.32. The van der Waals surface area contributed by atoms with Crippen LogP contribution in [0.25, 0.3) is 0 Å². The number of amides is 1. The Hall–Kier alpha value is -2.50. The zero-order valence-electron chi connectivity index (χ0n) is 13.8. The number of carbonyl (C=O) groups excluding carboxylic acids is 1. The van der Waals surface area contributed by atoms with Gasteiger partial charge in [0.15, 0.2) is 0 Å². The van der Waals surface area contributed by atoms with Gasteiger partial charge in [0, 0.05) is 17.8 Å². The number of nitrogens with one attached hydrogen (secondary N) is 2. The van der Waals surface area contributed by atoms with Gasteiger partial charge in [-0.3, -0.25) is 4.79 Å². The van der Waals surface area contributed by atoms with E-state index in [0.717, 1.165) is 5.56 Å². The van der Waals surface area contributed by atoms with Gasteiger partial charge in [0.25, 0.3) is 5.91 Å². The van der Waals surface area contributed by atoms with Gasteiger partial charge in [0.1, 0.15) is 11.5 Å². The fourth-order valence-electron chi connectivity index (χ4n) is 1.95. The first-order chi connectivity index (χ1) is 10.7. The molecule has 2 aromatic rings.